The molecular weight excluding hydrogens is 487 g/mol. The summed E-state index contributed by atoms with van der Waals surface area (Å²) < 4.78 is 46.3. The van der Waals surface area contributed by atoms with Gasteiger partial charge in [-0.1, -0.05) is 11.6 Å². The first-order valence-electron chi connectivity index (χ1n) is 11.0. The van der Waals surface area contributed by atoms with E-state index in [9.17, 15) is 18.0 Å². The van der Waals surface area contributed by atoms with Crippen LogP contribution in [0, 0.1) is 20.4 Å². The first kappa shape index (κ1) is 25.3. The van der Waals surface area contributed by atoms with E-state index in [2.05, 4.69) is 30.2 Å². The molecule has 0 unspecified atom stereocenters. The highest BCUT2D eigenvalue weighted by Crippen LogP contribution is 2.32. The standard InChI is InChI=1S/C25H20F3N7O2/c1-5-37-23(36)17-9-16(11-30-12-17)20-13-31-24(32-19-7-14(2)6-18(10-19)29-4)33-22(20)35-15(3)8-21(34-35)25(26,27)28/h6-13H,5H2,1-3H3,(H,31,32,33). The minimum absolute atomic E-state index is 0.0337. The number of nitrogens with one attached hydrogen (secondary N) is 1. The summed E-state index contributed by atoms with van der Waals surface area (Å²) in [7, 11) is 0. The van der Waals surface area contributed by atoms with Gasteiger partial charge in [0, 0.05) is 41.1 Å². The van der Waals surface area contributed by atoms with Crippen LogP contribution in [0.2, 0.25) is 0 Å². The highest BCUT2D eigenvalue weighted by molar-refractivity contribution is 5.91. The molecule has 0 fully saturated rings. The number of aryl methyl sites for hydroxylation is 2. The molecule has 9 nitrogen and oxygen atoms in total. The number of halogens is 3. The van der Waals surface area contributed by atoms with E-state index in [1.165, 1.54) is 31.6 Å². The SMILES string of the molecule is [C-]#[N+]c1cc(C)cc(Nc2ncc(-c3cncc(C(=O)OCC)c3)c(-n3nc(C(F)(F)F)cc3C)n2)c1. The molecule has 12 heteroatoms. The zero-order chi connectivity index (χ0) is 26.7. The molecule has 4 rings (SSSR count). The zero-order valence-corrected chi connectivity index (χ0v) is 20.0. The van der Waals surface area contributed by atoms with Crippen LogP contribution in [0.25, 0.3) is 21.8 Å². The molecule has 0 bridgehead atoms. The molecule has 4 aromatic rings. The van der Waals surface area contributed by atoms with Gasteiger partial charge in [-0.05, 0) is 45.0 Å². The summed E-state index contributed by atoms with van der Waals surface area (Å²) in [4.78, 5) is 28.5. The van der Waals surface area contributed by atoms with E-state index < -0.39 is 17.8 Å². The van der Waals surface area contributed by atoms with Crippen molar-refractivity contribution in [3.63, 3.8) is 0 Å². The van der Waals surface area contributed by atoms with Crippen LogP contribution in [0.3, 0.4) is 0 Å². The molecule has 0 spiro atoms. The van der Waals surface area contributed by atoms with Crippen molar-refractivity contribution in [2.45, 2.75) is 26.9 Å². The van der Waals surface area contributed by atoms with E-state index in [0.29, 0.717) is 16.9 Å². The van der Waals surface area contributed by atoms with Crippen LogP contribution in [-0.2, 0) is 10.9 Å². The molecule has 0 saturated carbocycles. The summed E-state index contributed by atoms with van der Waals surface area (Å²) in [5, 5.41) is 6.73. The third kappa shape index (κ3) is 5.56. The normalized spacial score (nSPS) is 11.2. The lowest BCUT2D eigenvalue weighted by Crippen LogP contribution is -2.11. The van der Waals surface area contributed by atoms with Crippen molar-refractivity contribution in [1.82, 2.24) is 24.7 Å². The quantitative estimate of drug-likeness (QED) is 0.259. The maximum atomic E-state index is 13.4. The molecule has 0 aliphatic rings. The monoisotopic (exact) mass is 507 g/mol. The fourth-order valence-corrected chi connectivity index (χ4v) is 3.57. The Morgan fingerprint density at radius 2 is 1.92 bits per heavy atom. The highest BCUT2D eigenvalue weighted by Gasteiger charge is 2.35. The van der Waals surface area contributed by atoms with Crippen molar-refractivity contribution in [3.8, 4) is 16.9 Å². The van der Waals surface area contributed by atoms with Crippen LogP contribution in [0.15, 0.2) is 48.9 Å². The number of rotatable bonds is 6. The Kier molecular flexibility index (Phi) is 6.88. The summed E-state index contributed by atoms with van der Waals surface area (Å²) in [5.41, 5.74) is 1.68. The fraction of sp³-hybridized carbons (Fsp3) is 0.200. The van der Waals surface area contributed by atoms with Gasteiger partial charge >= 0.3 is 12.1 Å². The number of benzene rings is 1. The highest BCUT2D eigenvalue weighted by atomic mass is 19.4. The Morgan fingerprint density at radius 1 is 1.14 bits per heavy atom. The third-order valence-corrected chi connectivity index (χ3v) is 5.15. The number of nitrogens with zero attached hydrogens (tertiary/aromatic N) is 6. The Hall–Kier alpha value is -4.79. The van der Waals surface area contributed by atoms with E-state index in [1.807, 2.05) is 6.92 Å². The maximum absolute atomic E-state index is 13.4. The van der Waals surface area contributed by atoms with E-state index in [4.69, 9.17) is 11.3 Å². The van der Waals surface area contributed by atoms with E-state index >= 15 is 0 Å². The van der Waals surface area contributed by atoms with Crippen LogP contribution in [0.1, 0.15) is 34.2 Å². The number of esters is 1. The summed E-state index contributed by atoms with van der Waals surface area (Å²) in [6, 6.07) is 7.49. The largest absolute Gasteiger partial charge is 0.462 e. The molecular formula is C25H20F3N7O2. The summed E-state index contributed by atoms with van der Waals surface area (Å²) >= 11 is 0. The van der Waals surface area contributed by atoms with Crippen LogP contribution < -0.4 is 5.32 Å². The first-order valence-corrected chi connectivity index (χ1v) is 11.0. The van der Waals surface area contributed by atoms with Gasteiger partial charge in [0.05, 0.1) is 18.7 Å². The van der Waals surface area contributed by atoms with Crippen LogP contribution in [0.4, 0.5) is 30.5 Å². The van der Waals surface area contributed by atoms with Crippen LogP contribution in [-0.4, -0.2) is 37.3 Å². The van der Waals surface area contributed by atoms with Crippen molar-refractivity contribution >= 4 is 23.3 Å². The molecule has 37 heavy (non-hydrogen) atoms. The minimum Gasteiger partial charge on any atom is -0.462 e. The lowest BCUT2D eigenvalue weighted by molar-refractivity contribution is -0.141. The number of ether oxygens (including phenoxy) is 1. The predicted octanol–water partition coefficient (Wildman–Crippen LogP) is 5.83. The van der Waals surface area contributed by atoms with Crippen molar-refractivity contribution in [1.29, 1.82) is 0 Å². The number of aromatic nitrogens is 5. The predicted molar refractivity (Wildman–Crippen MR) is 129 cm³/mol. The molecule has 0 atom stereocenters. The molecule has 0 radical (unpaired) electrons. The van der Waals surface area contributed by atoms with Gasteiger partial charge in [0.15, 0.2) is 17.2 Å². The van der Waals surface area contributed by atoms with Crippen molar-refractivity contribution in [3.05, 3.63) is 82.9 Å². The number of alkyl halides is 3. The Morgan fingerprint density at radius 3 is 2.59 bits per heavy atom. The van der Waals surface area contributed by atoms with E-state index in [0.717, 1.165) is 16.3 Å². The van der Waals surface area contributed by atoms with Gasteiger partial charge in [0.2, 0.25) is 5.95 Å². The Labute approximate surface area is 209 Å². The van der Waals surface area contributed by atoms with Gasteiger partial charge in [0.25, 0.3) is 0 Å². The number of hydrogen-bond acceptors (Lipinski definition) is 7. The van der Waals surface area contributed by atoms with Crippen LogP contribution >= 0.6 is 0 Å². The average Bonchev–Trinajstić information content (AvgIpc) is 3.26. The summed E-state index contributed by atoms with van der Waals surface area (Å²) in [5.74, 6) is -0.494. The molecule has 1 N–H and O–H groups in total. The Balaban J connectivity index is 1.86. The molecule has 3 aromatic heterocycles. The van der Waals surface area contributed by atoms with Crippen molar-refractivity contribution < 1.29 is 22.7 Å². The zero-order valence-electron chi connectivity index (χ0n) is 20.0. The smallest absolute Gasteiger partial charge is 0.435 e. The second-order valence-electron chi connectivity index (χ2n) is 7.99. The molecule has 188 valence electrons. The third-order valence-electron chi connectivity index (χ3n) is 5.15. The lowest BCUT2D eigenvalue weighted by atomic mass is 10.1. The van der Waals surface area contributed by atoms with Gasteiger partial charge in [-0.25, -0.2) is 19.3 Å². The van der Waals surface area contributed by atoms with Crippen LogP contribution in [0.5, 0.6) is 0 Å². The molecule has 0 amide bonds. The molecule has 0 aliphatic carbocycles. The second-order valence-corrected chi connectivity index (χ2v) is 7.99. The van der Waals surface area contributed by atoms with Gasteiger partial charge in [-0.3, -0.25) is 4.98 Å². The fourth-order valence-electron chi connectivity index (χ4n) is 3.57. The van der Waals surface area contributed by atoms with Gasteiger partial charge in [-0.2, -0.15) is 23.3 Å². The summed E-state index contributed by atoms with van der Waals surface area (Å²) in [6.45, 7) is 12.4. The number of pyridine rings is 1. The van der Waals surface area contributed by atoms with E-state index in [-0.39, 0.29) is 35.2 Å². The number of carbonyl (C=O) groups is 1. The summed E-state index contributed by atoms with van der Waals surface area (Å²) in [6.07, 6.45) is -0.500. The number of anilines is 2. The molecule has 3 heterocycles. The molecule has 1 aromatic carbocycles. The molecule has 0 aliphatic heterocycles. The Bertz CT molecular complexity index is 1520. The average molecular weight is 507 g/mol. The van der Waals surface area contributed by atoms with E-state index in [1.54, 1.807) is 25.1 Å². The van der Waals surface area contributed by atoms with Crippen molar-refractivity contribution in [2.24, 2.45) is 0 Å². The van der Waals surface area contributed by atoms with Gasteiger partial charge in [-0.15, -0.1) is 0 Å². The second kappa shape index (κ2) is 10.1. The lowest BCUT2D eigenvalue weighted by Gasteiger charge is -2.14. The van der Waals surface area contributed by atoms with Gasteiger partial charge in [0.1, 0.15) is 0 Å². The minimum atomic E-state index is -4.66. The van der Waals surface area contributed by atoms with Crippen molar-refractivity contribution in [2.75, 3.05) is 11.9 Å². The molecule has 0 saturated heterocycles. The number of carbonyl (C=O) groups excluding carboxylic acids is 1. The van der Waals surface area contributed by atoms with Gasteiger partial charge < -0.3 is 10.1 Å². The number of hydrogen-bond donors (Lipinski definition) is 1. The maximum Gasteiger partial charge on any atom is 0.435 e. The first-order chi connectivity index (χ1) is 17.6. The topological polar surface area (TPSA) is 99.2 Å².